The quantitative estimate of drug-likeness (QED) is 0.861. The van der Waals surface area contributed by atoms with Gasteiger partial charge in [-0.05, 0) is 36.5 Å². The van der Waals surface area contributed by atoms with E-state index in [4.69, 9.17) is 0 Å². The lowest BCUT2D eigenvalue weighted by molar-refractivity contribution is -0.139. The summed E-state index contributed by atoms with van der Waals surface area (Å²) in [4.78, 5) is 33.9. The van der Waals surface area contributed by atoms with Gasteiger partial charge in [0, 0.05) is 32.4 Å². The Morgan fingerprint density at radius 1 is 1.21 bits per heavy atom. The maximum atomic E-state index is 13.3. The number of imide groups is 1. The number of fused-ring (bicyclic) bond motifs is 3. The van der Waals surface area contributed by atoms with E-state index in [2.05, 4.69) is 53.2 Å². The molecule has 3 aliphatic heterocycles. The van der Waals surface area contributed by atoms with Crippen molar-refractivity contribution in [2.75, 3.05) is 31.6 Å². The van der Waals surface area contributed by atoms with Crippen LogP contribution < -0.4 is 10.2 Å². The van der Waals surface area contributed by atoms with Crippen molar-refractivity contribution in [3.8, 4) is 0 Å². The number of nitrogens with zero attached hydrogens (tertiary/aromatic N) is 4. The number of anilines is 1. The zero-order chi connectivity index (χ0) is 20.2. The van der Waals surface area contributed by atoms with Crippen molar-refractivity contribution < 1.29 is 9.59 Å². The number of rotatable bonds is 3. The summed E-state index contributed by atoms with van der Waals surface area (Å²) >= 11 is 0. The highest BCUT2D eigenvalue weighted by molar-refractivity contribution is 6.00. The lowest BCUT2D eigenvalue weighted by Gasteiger charge is -2.46. The van der Waals surface area contributed by atoms with E-state index >= 15 is 0 Å². The molecule has 0 aromatic heterocycles. The minimum absolute atomic E-state index is 0.0740. The molecule has 0 aliphatic carbocycles. The van der Waals surface area contributed by atoms with Gasteiger partial charge in [-0.15, -0.1) is 0 Å². The van der Waals surface area contributed by atoms with Gasteiger partial charge in [-0.3, -0.25) is 19.9 Å². The third kappa shape index (κ3) is 3.06. The molecule has 3 heterocycles. The molecule has 1 aromatic carbocycles. The van der Waals surface area contributed by atoms with E-state index in [1.54, 1.807) is 11.9 Å². The van der Waals surface area contributed by atoms with Gasteiger partial charge in [-0.1, -0.05) is 32.9 Å². The van der Waals surface area contributed by atoms with E-state index in [1.807, 2.05) is 13.8 Å². The summed E-state index contributed by atoms with van der Waals surface area (Å²) < 4.78 is 0. The van der Waals surface area contributed by atoms with Gasteiger partial charge in [0.25, 0.3) is 5.91 Å². The average molecular weight is 386 g/mol. The minimum Gasteiger partial charge on any atom is -0.343 e. The Kier molecular flexibility index (Phi) is 4.83. The fraction of sp³-hybridized carbons (Fsp3) is 0.619. The Morgan fingerprint density at radius 2 is 1.96 bits per heavy atom. The summed E-state index contributed by atoms with van der Waals surface area (Å²) in [6.45, 7) is 10.6. The van der Waals surface area contributed by atoms with Crippen LogP contribution in [0, 0.1) is 18.8 Å². The minimum atomic E-state index is -0.346. The lowest BCUT2D eigenvalue weighted by atomic mass is 10.0. The zero-order valence-electron chi connectivity index (χ0n) is 17.4. The van der Waals surface area contributed by atoms with Crippen molar-refractivity contribution in [3.63, 3.8) is 0 Å². The van der Waals surface area contributed by atoms with Crippen LogP contribution in [0.3, 0.4) is 0 Å². The predicted octanol–water partition coefficient (Wildman–Crippen LogP) is 1.88. The molecule has 3 fully saturated rings. The van der Waals surface area contributed by atoms with Crippen LogP contribution in [-0.4, -0.2) is 71.8 Å². The van der Waals surface area contributed by atoms with Gasteiger partial charge < -0.3 is 9.80 Å². The van der Waals surface area contributed by atoms with Crippen LogP contribution >= 0.6 is 0 Å². The predicted molar refractivity (Wildman–Crippen MR) is 109 cm³/mol. The molecular weight excluding hydrogens is 354 g/mol. The second-order valence-electron chi connectivity index (χ2n) is 8.96. The number of amides is 3. The molecule has 3 aliphatic rings. The van der Waals surface area contributed by atoms with Gasteiger partial charge in [0.2, 0.25) is 0 Å². The number of carbonyl (C=O) groups excluding carboxylic acids is 2. The number of hydrogen-bond acceptors (Lipinski definition) is 5. The second-order valence-corrected chi connectivity index (χ2v) is 8.96. The third-order valence-corrected chi connectivity index (χ3v) is 5.97. The smallest absolute Gasteiger partial charge is 0.327 e. The number of carbonyl (C=O) groups is 2. The second kappa shape index (κ2) is 7.04. The highest BCUT2D eigenvalue weighted by Crippen LogP contribution is 2.34. The molecule has 0 saturated carbocycles. The molecule has 1 aromatic rings. The van der Waals surface area contributed by atoms with E-state index < -0.39 is 0 Å². The number of hydrogen-bond donors (Lipinski definition) is 1. The van der Waals surface area contributed by atoms with E-state index in [0.29, 0.717) is 12.5 Å². The Balaban J connectivity index is 1.68. The topological polar surface area (TPSA) is 59.1 Å². The Hall–Kier alpha value is -2.12. The molecule has 152 valence electrons. The van der Waals surface area contributed by atoms with Crippen LogP contribution in [0.5, 0.6) is 0 Å². The number of likely N-dealkylation sites (N-methyl/N-ethyl adjacent to an activating group) is 1. The fourth-order valence-electron chi connectivity index (χ4n) is 4.76. The van der Waals surface area contributed by atoms with Crippen LogP contribution in [0.1, 0.15) is 26.3 Å². The monoisotopic (exact) mass is 385 g/mol. The van der Waals surface area contributed by atoms with Crippen molar-refractivity contribution in [2.45, 2.75) is 46.2 Å². The van der Waals surface area contributed by atoms with Crippen LogP contribution in [0.4, 0.5) is 10.5 Å². The highest BCUT2D eigenvalue weighted by Gasteiger charge is 2.56. The summed E-state index contributed by atoms with van der Waals surface area (Å²) in [5.74, 6) is 0.591. The molecule has 7 heteroatoms. The first-order valence-electron chi connectivity index (χ1n) is 10.2. The van der Waals surface area contributed by atoms with Gasteiger partial charge in [-0.25, -0.2) is 4.79 Å². The first kappa shape index (κ1) is 19.2. The van der Waals surface area contributed by atoms with E-state index in [9.17, 15) is 9.59 Å². The molecule has 4 atom stereocenters. The van der Waals surface area contributed by atoms with Gasteiger partial charge >= 0.3 is 6.03 Å². The molecule has 3 amide bonds. The van der Waals surface area contributed by atoms with Crippen LogP contribution in [-0.2, 0) is 4.79 Å². The van der Waals surface area contributed by atoms with E-state index in [-0.39, 0.29) is 36.4 Å². The van der Waals surface area contributed by atoms with Gasteiger partial charge in [0.15, 0.2) is 0 Å². The summed E-state index contributed by atoms with van der Waals surface area (Å²) in [5.41, 5.74) is 2.36. The highest BCUT2D eigenvalue weighted by atomic mass is 16.2. The molecule has 0 radical (unpaired) electrons. The fourth-order valence-corrected chi connectivity index (χ4v) is 4.76. The van der Waals surface area contributed by atoms with E-state index in [0.717, 1.165) is 18.8 Å². The van der Waals surface area contributed by atoms with Crippen molar-refractivity contribution in [1.29, 1.82) is 0 Å². The van der Waals surface area contributed by atoms with Crippen molar-refractivity contribution >= 4 is 17.6 Å². The van der Waals surface area contributed by atoms with Crippen LogP contribution in [0.25, 0.3) is 0 Å². The normalized spacial score (nSPS) is 30.9. The molecule has 4 rings (SSSR count). The maximum absolute atomic E-state index is 13.3. The Morgan fingerprint density at radius 3 is 2.64 bits per heavy atom. The number of nitrogens with one attached hydrogen (secondary N) is 1. The lowest BCUT2D eigenvalue weighted by Crippen LogP contribution is -2.67. The Bertz CT molecular complexity index is 782. The van der Waals surface area contributed by atoms with Gasteiger partial charge in [0.1, 0.15) is 18.5 Å². The van der Waals surface area contributed by atoms with Gasteiger partial charge in [-0.2, -0.15) is 0 Å². The zero-order valence-corrected chi connectivity index (χ0v) is 17.4. The largest absolute Gasteiger partial charge is 0.343 e. The van der Waals surface area contributed by atoms with Crippen LogP contribution in [0.15, 0.2) is 24.3 Å². The first-order valence-corrected chi connectivity index (χ1v) is 10.2. The van der Waals surface area contributed by atoms with Crippen molar-refractivity contribution in [1.82, 2.24) is 20.0 Å². The molecule has 28 heavy (non-hydrogen) atoms. The summed E-state index contributed by atoms with van der Waals surface area (Å²) in [5, 5.41) is 3.58. The standard InChI is InChI=1S/C21H31N5O2/c1-13(2)10-26-19(27)17-18(23(5)21(26)28)22-20-24(11-15(4)12-25(17)20)16-8-6-7-14(3)9-16/h6-9,13,15,17-18,20,22H,10-12H2,1-5H3. The molecule has 7 nitrogen and oxygen atoms in total. The summed E-state index contributed by atoms with van der Waals surface area (Å²) in [6, 6.07) is 7.91. The molecule has 1 N–H and O–H groups in total. The summed E-state index contributed by atoms with van der Waals surface area (Å²) in [6.07, 6.45) is -0.391. The van der Waals surface area contributed by atoms with Crippen molar-refractivity contribution in [2.24, 2.45) is 11.8 Å². The average Bonchev–Trinajstić information content (AvgIpc) is 3.02. The Labute approximate surface area is 167 Å². The first-order chi connectivity index (χ1) is 13.3. The van der Waals surface area contributed by atoms with Gasteiger partial charge in [0.05, 0.1) is 0 Å². The number of urea groups is 1. The van der Waals surface area contributed by atoms with Crippen molar-refractivity contribution in [3.05, 3.63) is 29.8 Å². The summed E-state index contributed by atoms with van der Waals surface area (Å²) in [7, 11) is 1.80. The molecular formula is C21H31N5O2. The van der Waals surface area contributed by atoms with Crippen LogP contribution in [0.2, 0.25) is 0 Å². The number of aryl methyl sites for hydroxylation is 1. The molecule has 0 spiro atoms. The number of benzene rings is 1. The molecule has 0 bridgehead atoms. The third-order valence-electron chi connectivity index (χ3n) is 5.97. The maximum Gasteiger partial charge on any atom is 0.327 e. The molecule has 4 unspecified atom stereocenters. The van der Waals surface area contributed by atoms with E-state index in [1.165, 1.54) is 10.5 Å². The molecule has 3 saturated heterocycles. The SMILES string of the molecule is Cc1cccc(N2CC(C)CN3C4C(=O)N(CC(C)C)C(=O)N(C)C4NC23)c1.